The van der Waals surface area contributed by atoms with Gasteiger partial charge in [0, 0.05) is 12.0 Å². The molecule has 1 fully saturated rings. The lowest BCUT2D eigenvalue weighted by Crippen LogP contribution is -2.37. The summed E-state index contributed by atoms with van der Waals surface area (Å²) in [5.41, 5.74) is 0.996. The van der Waals surface area contributed by atoms with E-state index >= 15 is 0 Å². The van der Waals surface area contributed by atoms with Crippen molar-refractivity contribution < 1.29 is 17.4 Å². The highest BCUT2D eigenvalue weighted by molar-refractivity contribution is 7.86. The molecule has 0 spiro atoms. The monoisotopic (exact) mass is 410 g/mol. The topological polar surface area (TPSA) is 60.4 Å². The highest BCUT2D eigenvalue weighted by atomic mass is 32.2. The molecule has 0 saturated heterocycles. The fourth-order valence-corrected chi connectivity index (χ4v) is 4.90. The molecular formula is C24H26O4S. The summed E-state index contributed by atoms with van der Waals surface area (Å²) in [6, 6.07) is 16.1. The van der Waals surface area contributed by atoms with Gasteiger partial charge in [0.15, 0.2) is 0 Å². The Labute approximate surface area is 173 Å². The fourth-order valence-electron chi connectivity index (χ4n) is 3.73. The van der Waals surface area contributed by atoms with E-state index in [1.807, 2.05) is 37.3 Å². The predicted octanol–water partition coefficient (Wildman–Crippen LogP) is 4.66. The predicted molar refractivity (Wildman–Crippen MR) is 113 cm³/mol. The second-order valence-electron chi connectivity index (χ2n) is 7.59. The van der Waals surface area contributed by atoms with Crippen LogP contribution in [-0.2, 0) is 19.1 Å². The molecule has 2 aromatic rings. The summed E-state index contributed by atoms with van der Waals surface area (Å²) in [4.78, 5) is 11.7. The average Bonchev–Trinajstić information content (AvgIpc) is 2.90. The highest BCUT2D eigenvalue weighted by Crippen LogP contribution is 2.40. The zero-order valence-corrected chi connectivity index (χ0v) is 17.5. The fraction of sp³-hybridized carbons (Fsp3) is 0.375. The van der Waals surface area contributed by atoms with Crippen molar-refractivity contribution in [2.24, 2.45) is 5.41 Å². The third kappa shape index (κ3) is 5.35. The quantitative estimate of drug-likeness (QED) is 0.311. The molecule has 1 aliphatic carbocycles. The molecule has 2 aromatic carbocycles. The summed E-state index contributed by atoms with van der Waals surface area (Å²) >= 11 is 0. The van der Waals surface area contributed by atoms with Crippen molar-refractivity contribution >= 4 is 16.4 Å². The van der Waals surface area contributed by atoms with E-state index in [0.717, 1.165) is 36.7 Å². The number of carbonyl (C=O) groups excluding carboxylic acids is 1. The Kier molecular flexibility index (Phi) is 6.89. The molecule has 2 atom stereocenters. The van der Waals surface area contributed by atoms with Crippen LogP contribution in [0.25, 0.3) is 0 Å². The maximum atomic E-state index is 12.9. The third-order valence-corrected chi connectivity index (χ3v) is 6.77. The largest absolute Gasteiger partial charge is 0.303 e. The molecule has 1 aliphatic rings. The van der Waals surface area contributed by atoms with E-state index in [2.05, 4.69) is 11.8 Å². The van der Waals surface area contributed by atoms with Crippen molar-refractivity contribution in [2.75, 3.05) is 0 Å². The van der Waals surface area contributed by atoms with Gasteiger partial charge in [-0.05, 0) is 44.0 Å². The van der Waals surface area contributed by atoms with Gasteiger partial charge in [0.05, 0.1) is 16.4 Å². The Bertz CT molecular complexity index is 985. The summed E-state index contributed by atoms with van der Waals surface area (Å²) in [6.07, 6.45) is 4.24. The first-order valence-corrected chi connectivity index (χ1v) is 11.4. The second-order valence-corrected chi connectivity index (χ2v) is 9.17. The molecule has 0 aliphatic heterocycles. The number of rotatable bonds is 5. The van der Waals surface area contributed by atoms with E-state index in [9.17, 15) is 13.2 Å². The Morgan fingerprint density at radius 3 is 2.48 bits per heavy atom. The number of hydrogen-bond donors (Lipinski definition) is 0. The number of hydrogen-bond acceptors (Lipinski definition) is 4. The van der Waals surface area contributed by atoms with Crippen LogP contribution in [0, 0.1) is 24.2 Å². The molecule has 0 amide bonds. The number of aldehydes is 1. The summed E-state index contributed by atoms with van der Waals surface area (Å²) in [5.74, 6) is 6.40. The maximum absolute atomic E-state index is 12.9. The molecule has 0 unspecified atom stereocenters. The van der Waals surface area contributed by atoms with Gasteiger partial charge in [-0.2, -0.15) is 8.42 Å². The summed E-state index contributed by atoms with van der Waals surface area (Å²) in [5, 5.41) is 0. The van der Waals surface area contributed by atoms with Crippen molar-refractivity contribution in [2.45, 2.75) is 56.4 Å². The Hall–Kier alpha value is -2.42. The highest BCUT2D eigenvalue weighted by Gasteiger charge is 2.41. The number of aryl methyl sites for hydroxylation is 1. The van der Waals surface area contributed by atoms with Gasteiger partial charge < -0.3 is 4.79 Å². The normalized spacial score (nSPS) is 22.2. The van der Waals surface area contributed by atoms with Gasteiger partial charge in [-0.1, -0.05) is 67.0 Å². The van der Waals surface area contributed by atoms with Crippen LogP contribution in [0.2, 0.25) is 0 Å². The van der Waals surface area contributed by atoms with Crippen molar-refractivity contribution in [3.05, 3.63) is 65.7 Å². The van der Waals surface area contributed by atoms with Crippen LogP contribution in [0.4, 0.5) is 0 Å². The molecule has 0 heterocycles. The number of benzene rings is 2. The van der Waals surface area contributed by atoms with Crippen molar-refractivity contribution in [3.63, 3.8) is 0 Å². The average molecular weight is 411 g/mol. The molecule has 152 valence electrons. The van der Waals surface area contributed by atoms with Crippen LogP contribution in [0.3, 0.4) is 0 Å². The molecule has 3 rings (SSSR count). The summed E-state index contributed by atoms with van der Waals surface area (Å²) in [7, 11) is -3.95. The van der Waals surface area contributed by atoms with Crippen molar-refractivity contribution in [3.8, 4) is 11.8 Å². The van der Waals surface area contributed by atoms with E-state index in [1.165, 1.54) is 0 Å². The van der Waals surface area contributed by atoms with Gasteiger partial charge in [-0.3, -0.25) is 4.18 Å². The van der Waals surface area contributed by atoms with Crippen LogP contribution in [-0.4, -0.2) is 20.8 Å². The maximum Gasteiger partial charge on any atom is 0.297 e. The smallest absolute Gasteiger partial charge is 0.297 e. The van der Waals surface area contributed by atoms with Gasteiger partial charge in [0.25, 0.3) is 10.1 Å². The van der Waals surface area contributed by atoms with Gasteiger partial charge in [0.2, 0.25) is 0 Å². The van der Waals surface area contributed by atoms with E-state index in [0.29, 0.717) is 12.8 Å². The zero-order chi connectivity index (χ0) is 20.7. The van der Waals surface area contributed by atoms with Crippen LogP contribution in [0.5, 0.6) is 0 Å². The minimum Gasteiger partial charge on any atom is -0.303 e. The zero-order valence-electron chi connectivity index (χ0n) is 16.6. The summed E-state index contributed by atoms with van der Waals surface area (Å²) in [6.45, 7) is 1.90. The van der Waals surface area contributed by atoms with Crippen LogP contribution in [0.1, 0.15) is 49.7 Å². The van der Waals surface area contributed by atoms with Crippen molar-refractivity contribution in [1.29, 1.82) is 0 Å². The Morgan fingerprint density at radius 1 is 1.07 bits per heavy atom. The molecule has 0 aromatic heterocycles. The third-order valence-electron chi connectivity index (χ3n) is 5.44. The molecule has 5 heteroatoms. The van der Waals surface area contributed by atoms with E-state index in [-0.39, 0.29) is 11.3 Å². The minimum atomic E-state index is -3.95. The Morgan fingerprint density at radius 2 is 1.79 bits per heavy atom. The SMILES string of the molecule is Cc1ccc(S(=O)(=O)O[C@H]2CCCCC[C@]2(C#Cc2ccccc2)CC=O)cc1. The molecule has 0 radical (unpaired) electrons. The van der Waals surface area contributed by atoms with Gasteiger partial charge in [-0.15, -0.1) is 0 Å². The first kappa shape index (κ1) is 21.3. The molecule has 0 N–H and O–H groups in total. The van der Waals surface area contributed by atoms with Crippen LogP contribution >= 0.6 is 0 Å². The van der Waals surface area contributed by atoms with Crippen LogP contribution in [0.15, 0.2) is 59.5 Å². The lowest BCUT2D eigenvalue weighted by Gasteiger charge is -2.33. The first-order chi connectivity index (χ1) is 14.0. The minimum absolute atomic E-state index is 0.128. The van der Waals surface area contributed by atoms with Gasteiger partial charge in [0.1, 0.15) is 6.29 Å². The molecular weight excluding hydrogens is 384 g/mol. The van der Waals surface area contributed by atoms with E-state index in [4.69, 9.17) is 4.18 Å². The standard InChI is InChI=1S/C24H26O4S/c1-20-11-13-22(14-12-20)29(26,27)28-23-10-6-3-7-16-24(23,18-19-25)17-15-21-8-4-2-5-9-21/h2,4-5,8-9,11-14,19,23H,3,6-7,10,16,18H2,1H3/t23-,24-/m0/s1. The number of carbonyl (C=O) groups is 1. The lowest BCUT2D eigenvalue weighted by molar-refractivity contribution is -0.110. The van der Waals surface area contributed by atoms with Gasteiger partial charge >= 0.3 is 0 Å². The van der Waals surface area contributed by atoms with E-state index in [1.54, 1.807) is 24.3 Å². The molecule has 29 heavy (non-hydrogen) atoms. The molecule has 4 nitrogen and oxygen atoms in total. The van der Waals surface area contributed by atoms with Gasteiger partial charge in [-0.25, -0.2) is 0 Å². The van der Waals surface area contributed by atoms with E-state index < -0.39 is 21.6 Å². The molecule has 0 bridgehead atoms. The van der Waals surface area contributed by atoms with Crippen LogP contribution < -0.4 is 0 Å². The summed E-state index contributed by atoms with van der Waals surface area (Å²) < 4.78 is 31.6. The lowest BCUT2D eigenvalue weighted by atomic mass is 9.76. The second kappa shape index (κ2) is 9.39. The Balaban J connectivity index is 1.97. The molecule has 1 saturated carbocycles. The van der Waals surface area contributed by atoms with Crippen molar-refractivity contribution in [1.82, 2.24) is 0 Å². The first-order valence-electron chi connectivity index (χ1n) is 9.97.